The Morgan fingerprint density at radius 2 is 0.606 bits per heavy atom. The zero-order valence-corrected chi connectivity index (χ0v) is 39.9. The van der Waals surface area contributed by atoms with Gasteiger partial charge in [0, 0.05) is 0 Å². The van der Waals surface area contributed by atoms with Crippen molar-refractivity contribution in [1.29, 1.82) is 0 Å². The molecule has 372 valence electrons. The Hall–Kier alpha value is -3.10. The molecule has 0 atom stereocenters. The number of benzene rings is 4. The van der Waals surface area contributed by atoms with Gasteiger partial charge >= 0.3 is 382 Å². The number of alkyl halides is 18. The molecule has 66 heavy (non-hydrogen) atoms. The van der Waals surface area contributed by atoms with E-state index >= 15 is 0 Å². The van der Waals surface area contributed by atoms with Crippen LogP contribution in [0.4, 0.5) is 79.0 Å². The van der Waals surface area contributed by atoms with E-state index in [4.69, 9.17) is 0 Å². The van der Waals surface area contributed by atoms with Crippen molar-refractivity contribution in [1.82, 2.24) is 0 Å². The minimum atomic E-state index is -7.36. The van der Waals surface area contributed by atoms with Gasteiger partial charge in [-0.25, -0.2) is 0 Å². The summed E-state index contributed by atoms with van der Waals surface area (Å²) in [5.74, 6) is -29.4. The molecule has 0 spiro atoms. The topological polar surface area (TPSA) is 86.7 Å². The Kier molecular flexibility index (Phi) is 16.8. The molecule has 0 N–H and O–H groups in total. The van der Waals surface area contributed by atoms with Gasteiger partial charge < -0.3 is 0 Å². The Bertz CT molecular complexity index is 2370. The van der Waals surface area contributed by atoms with Crippen LogP contribution < -0.4 is 0 Å². The molecular formula is C38H32F18I2O6S2. The molecule has 6 nitrogen and oxygen atoms in total. The van der Waals surface area contributed by atoms with Crippen LogP contribution in [0.2, 0.25) is 0 Å². The molecule has 0 aliphatic carbocycles. The summed E-state index contributed by atoms with van der Waals surface area (Å²) in [5, 5.41) is -13.8. The second-order valence-corrected chi connectivity index (χ2v) is 26.6. The third-order valence-corrected chi connectivity index (χ3v) is 24.9. The molecule has 4 aromatic rings. The van der Waals surface area contributed by atoms with E-state index in [1.165, 1.54) is 113 Å². The van der Waals surface area contributed by atoms with Gasteiger partial charge in [-0.2, -0.15) is 0 Å². The van der Waals surface area contributed by atoms with Gasteiger partial charge in [-0.3, -0.25) is 0 Å². The maximum atomic E-state index is 14.2. The first-order valence-corrected chi connectivity index (χ1v) is 26.4. The molecule has 4 aromatic carbocycles. The van der Waals surface area contributed by atoms with Crippen molar-refractivity contribution in [3.05, 3.63) is 133 Å². The van der Waals surface area contributed by atoms with Gasteiger partial charge in [-0.15, -0.1) is 0 Å². The average molecular weight is 1240 g/mol. The summed E-state index contributed by atoms with van der Waals surface area (Å²) in [6.45, 7) is 9.17. The van der Waals surface area contributed by atoms with E-state index in [2.05, 4.69) is 5.03 Å². The van der Waals surface area contributed by atoms with E-state index < -0.39 is 107 Å². The third kappa shape index (κ3) is 10.7. The van der Waals surface area contributed by atoms with E-state index in [0.29, 0.717) is 33.4 Å². The Morgan fingerprint density at radius 1 is 0.379 bits per heavy atom. The number of halogens is 20. The number of hydrogen-bond donors (Lipinski definition) is 0. The fourth-order valence-electron chi connectivity index (χ4n) is 5.56. The van der Waals surface area contributed by atoms with Crippen molar-refractivity contribution >= 4 is 60.7 Å². The van der Waals surface area contributed by atoms with Crippen LogP contribution in [0.5, 0.6) is 0 Å². The third-order valence-electron chi connectivity index (χ3n) is 8.52. The monoisotopic (exact) mass is 1240 g/mol. The van der Waals surface area contributed by atoms with E-state index in [1.807, 2.05) is 0 Å². The maximum absolute atomic E-state index is 14.2. The molecule has 0 heterocycles. The van der Waals surface area contributed by atoms with Crippen LogP contribution in [0.3, 0.4) is 0 Å². The predicted molar refractivity (Wildman–Crippen MR) is 219 cm³/mol. The summed E-state index contributed by atoms with van der Waals surface area (Å²) in [5.41, 5.74) is 2.73. The molecule has 0 saturated heterocycles. The van der Waals surface area contributed by atoms with Gasteiger partial charge in [0.15, 0.2) is 0 Å². The van der Waals surface area contributed by atoms with Gasteiger partial charge in [0.05, 0.1) is 0 Å². The van der Waals surface area contributed by atoms with E-state index in [-0.39, 0.29) is 14.3 Å². The van der Waals surface area contributed by atoms with E-state index in [1.54, 1.807) is 13.8 Å². The van der Waals surface area contributed by atoms with E-state index in [0.717, 1.165) is 0 Å². The Morgan fingerprint density at radius 3 is 0.818 bits per heavy atom. The van der Waals surface area contributed by atoms with Crippen LogP contribution in [0, 0.1) is 55.8 Å². The molecule has 0 saturated carbocycles. The van der Waals surface area contributed by atoms with Crippen LogP contribution in [0.1, 0.15) is 33.4 Å². The SMILES string of the molecule is Cc1cc(C)c(I(OS(=O)(=O)C(F)(F)C(F)(F)C(F)(F)C(F)(F)F)c2ccccc2)c(C)c1.Cc1cc(C)c(I(OS(=O)(=O)C(F)(F)C(F)(F)C(F)(F)C(F)(F)F)c2ccccc2)c(C)c1. The summed E-state index contributed by atoms with van der Waals surface area (Å²) in [4.78, 5) is 0. The molecule has 0 bridgehead atoms. The Labute approximate surface area is 380 Å². The van der Waals surface area contributed by atoms with Crippen molar-refractivity contribution < 1.29 is 101 Å². The first kappa shape index (κ1) is 57.2. The normalized spacial score (nSPS) is 14.4. The first-order chi connectivity index (χ1) is 29.6. The van der Waals surface area contributed by atoms with Gasteiger partial charge in [-0.1, -0.05) is 0 Å². The predicted octanol–water partition coefficient (Wildman–Crippen LogP) is 13.7. The standard InChI is InChI=1S/2C19H16F9IO3S/c2*1-11-9-12(2)15(13(3)10-11)29(14-7-5-4-6-8-14)32-33(30,31)19(27,28)17(22,23)16(20,21)18(24,25)26/h2*4-10H,1-3H3. The minimum absolute atomic E-state index is 0.00188. The number of hydrogen-bond acceptors (Lipinski definition) is 6. The van der Waals surface area contributed by atoms with Crippen LogP contribution in [-0.2, 0) is 25.3 Å². The van der Waals surface area contributed by atoms with Crippen LogP contribution in [-0.4, -0.2) is 63.4 Å². The number of rotatable bonds is 14. The molecule has 0 aliphatic rings. The Balaban J connectivity index is 0.000000350. The summed E-state index contributed by atoms with van der Waals surface area (Å²) in [6, 6.07) is 19.5. The van der Waals surface area contributed by atoms with Gasteiger partial charge in [-0.05, 0) is 0 Å². The first-order valence-electron chi connectivity index (χ1n) is 17.5. The summed E-state index contributed by atoms with van der Waals surface area (Å²) < 4.78 is 297. The summed E-state index contributed by atoms with van der Waals surface area (Å²) in [7, 11) is -14.0. The molecule has 0 unspecified atom stereocenters. The second kappa shape index (κ2) is 19.4. The van der Waals surface area contributed by atoms with E-state index in [9.17, 15) is 95.9 Å². The molecule has 0 fully saturated rings. The molecule has 28 heteroatoms. The molecular weight excluding hydrogens is 1210 g/mol. The fourth-order valence-corrected chi connectivity index (χ4v) is 20.8. The molecule has 0 radical (unpaired) electrons. The van der Waals surface area contributed by atoms with Crippen molar-refractivity contribution in [3.8, 4) is 0 Å². The van der Waals surface area contributed by atoms with Crippen molar-refractivity contribution in [2.24, 2.45) is 0 Å². The zero-order valence-electron chi connectivity index (χ0n) is 33.9. The van der Waals surface area contributed by atoms with Gasteiger partial charge in [0.25, 0.3) is 0 Å². The van der Waals surface area contributed by atoms with Crippen LogP contribution in [0.15, 0.2) is 84.9 Å². The van der Waals surface area contributed by atoms with Crippen LogP contribution in [0.25, 0.3) is 0 Å². The fraction of sp³-hybridized carbons (Fsp3) is 0.368. The van der Waals surface area contributed by atoms with Crippen LogP contribution >= 0.6 is 40.5 Å². The summed E-state index contributed by atoms with van der Waals surface area (Å²) in [6.07, 6.45) is -14.3. The molecule has 0 amide bonds. The second-order valence-electron chi connectivity index (χ2n) is 13.9. The van der Waals surface area contributed by atoms with Crippen molar-refractivity contribution in [2.75, 3.05) is 0 Å². The zero-order chi connectivity index (χ0) is 51.2. The van der Waals surface area contributed by atoms with Gasteiger partial charge in [0.2, 0.25) is 0 Å². The molecule has 0 aliphatic heterocycles. The van der Waals surface area contributed by atoms with Crippen molar-refractivity contribution in [3.63, 3.8) is 0 Å². The summed E-state index contributed by atoms with van der Waals surface area (Å²) >= 11 is -8.21. The van der Waals surface area contributed by atoms with Crippen molar-refractivity contribution in [2.45, 2.75) is 88.1 Å². The molecule has 4 rings (SSSR count). The molecule has 0 aromatic heterocycles. The number of aryl methyl sites for hydroxylation is 6. The quantitative estimate of drug-likeness (QED) is 0.0923. The van der Waals surface area contributed by atoms with Gasteiger partial charge in [0.1, 0.15) is 0 Å². The average Bonchev–Trinajstić information content (AvgIpc) is 3.16.